The van der Waals surface area contributed by atoms with E-state index in [9.17, 15) is 29.4 Å². The Morgan fingerprint density at radius 3 is 2.05 bits per heavy atom. The lowest BCUT2D eigenvalue weighted by Gasteiger charge is -2.58. The Labute approximate surface area is 453 Å². The Hall–Kier alpha value is -5.36. The lowest BCUT2D eigenvalue weighted by molar-refractivity contribution is -0.155. The highest BCUT2D eigenvalue weighted by atomic mass is 16.6. The normalized spacial score (nSPS) is 27.8. The van der Waals surface area contributed by atoms with Gasteiger partial charge in [-0.15, -0.1) is 0 Å². The molecule has 11 atom stereocenters. The van der Waals surface area contributed by atoms with Gasteiger partial charge in [-0.2, -0.15) is 0 Å². The number of nitrogens with zero attached hydrogens (tertiary/aromatic N) is 1. The van der Waals surface area contributed by atoms with Crippen LogP contribution in [0.3, 0.4) is 0 Å². The Morgan fingerprint density at radius 2 is 1.41 bits per heavy atom. The van der Waals surface area contributed by atoms with E-state index in [0.717, 1.165) is 65.5 Å². The van der Waals surface area contributed by atoms with E-state index < -0.39 is 41.9 Å². The van der Waals surface area contributed by atoms with Crippen molar-refractivity contribution in [2.24, 2.45) is 52.3 Å². The number of benzene rings is 3. The number of hydrogen-bond donors (Lipinski definition) is 3. The molecule has 3 N–H and O–H groups in total. The Morgan fingerprint density at radius 1 is 0.737 bits per heavy atom. The largest absolute Gasteiger partial charge is 0.497 e. The molecule has 3 saturated carbocycles. The fraction of sp³-hybridized carbons (Fsp3) is 0.625. The molecule has 4 fully saturated rings. The molecule has 12 nitrogen and oxygen atoms in total. The van der Waals surface area contributed by atoms with Gasteiger partial charge in [-0.1, -0.05) is 127 Å². The van der Waals surface area contributed by atoms with Crippen LogP contribution in [0.2, 0.25) is 0 Å². The van der Waals surface area contributed by atoms with Gasteiger partial charge in [-0.3, -0.25) is 14.4 Å². The Bertz CT molecular complexity index is 2410. The molecule has 1 heterocycles. The molecule has 3 aromatic rings. The van der Waals surface area contributed by atoms with Crippen molar-refractivity contribution in [3.63, 3.8) is 0 Å². The number of likely N-dealkylation sites (tertiary alicyclic amines) is 1. The second kappa shape index (κ2) is 25.0. The first kappa shape index (κ1) is 56.8. The number of allylic oxidation sites excluding steroid dienone is 1. The Balaban J connectivity index is 0.856. The van der Waals surface area contributed by atoms with Crippen LogP contribution in [-0.2, 0) is 29.3 Å². The van der Waals surface area contributed by atoms with E-state index in [1.807, 2.05) is 78.9 Å². The first-order valence-corrected chi connectivity index (χ1v) is 28.9. The number of esters is 1. The van der Waals surface area contributed by atoms with Crippen LogP contribution in [0.4, 0.5) is 4.79 Å². The number of aliphatic carboxylic acids is 1. The zero-order valence-electron chi connectivity index (χ0n) is 46.6. The van der Waals surface area contributed by atoms with Crippen molar-refractivity contribution in [3.8, 4) is 11.5 Å². The predicted octanol–water partition coefficient (Wildman–Crippen LogP) is 12.3. The number of ether oxygens (including phenoxy) is 4. The highest BCUT2D eigenvalue weighted by molar-refractivity contribution is 5.78. The van der Waals surface area contributed by atoms with Crippen LogP contribution in [0, 0.1) is 52.3 Å². The van der Waals surface area contributed by atoms with Gasteiger partial charge < -0.3 is 39.4 Å². The van der Waals surface area contributed by atoms with Gasteiger partial charge in [0.05, 0.1) is 45.1 Å². The minimum absolute atomic E-state index is 0.0415. The number of hydrogen-bond acceptors (Lipinski definition) is 9. The molecule has 8 unspecified atom stereocenters. The molecule has 0 aromatic heterocycles. The van der Waals surface area contributed by atoms with Crippen LogP contribution in [0.1, 0.15) is 160 Å². The number of fused-ring (bicyclic) bond motifs is 5. The van der Waals surface area contributed by atoms with Crippen molar-refractivity contribution in [1.29, 1.82) is 0 Å². The standard InChI is InChI=1S/C64H88N2O10/c1-42(2)15-14-16-43(3)53-30-31-54-51-29-24-47-39-50(34-36-62(47,4)55(51)35-37-63(53,54)5)75-61(72)65-38-13-9-12-19-57(67)66-40-52(56(41-66)76-59(70)33-32-58(68)69)60(71)64(44-17-10-8-11-18-44,45-20-25-48(73-6)26-21-45)46-22-27-49(74-7)28-23-46/h8,10-11,17-18,20-28,42-43,50-56,60,71H,9,12-16,19,29-41H2,1-7H3,(H,65,72)(H,68,69)/t43?,50?,51?,52?,53-,54?,55?,56?,60?,62+,63-/m1/s1. The summed E-state index contributed by atoms with van der Waals surface area (Å²) in [6.07, 6.45) is 14.7. The number of carboxylic acids is 1. The van der Waals surface area contributed by atoms with Crippen molar-refractivity contribution in [1.82, 2.24) is 10.2 Å². The third kappa shape index (κ3) is 12.2. The average molecular weight is 1050 g/mol. The molecule has 1 saturated heterocycles. The maximum atomic E-state index is 14.1. The van der Waals surface area contributed by atoms with E-state index in [2.05, 4.69) is 46.0 Å². The van der Waals surface area contributed by atoms with Crippen LogP contribution in [0.5, 0.6) is 11.5 Å². The molecular formula is C64H88N2O10. The summed E-state index contributed by atoms with van der Waals surface area (Å²) in [6.45, 7) is 13.0. The summed E-state index contributed by atoms with van der Waals surface area (Å²) in [7, 11) is 3.18. The summed E-state index contributed by atoms with van der Waals surface area (Å²) >= 11 is 0. The number of carboxylic acid groups (broad SMARTS) is 1. The average Bonchev–Trinajstić information content (AvgIpc) is 4.16. The molecule has 12 heteroatoms. The van der Waals surface area contributed by atoms with Crippen LogP contribution >= 0.6 is 0 Å². The topological polar surface area (TPSA) is 161 Å². The second-order valence-corrected chi connectivity index (χ2v) is 24.3. The quantitative estimate of drug-likeness (QED) is 0.0361. The number of aliphatic hydroxyl groups is 1. The van der Waals surface area contributed by atoms with E-state index in [-0.39, 0.29) is 49.5 Å². The molecule has 1 aliphatic heterocycles. The lowest BCUT2D eigenvalue weighted by Crippen LogP contribution is -2.51. The Kier molecular flexibility index (Phi) is 18.7. The summed E-state index contributed by atoms with van der Waals surface area (Å²) in [5, 5.41) is 25.5. The molecule has 414 valence electrons. The van der Waals surface area contributed by atoms with Gasteiger partial charge in [-0.05, 0) is 145 Å². The van der Waals surface area contributed by atoms with Crippen LogP contribution in [0.15, 0.2) is 90.5 Å². The molecule has 3 aromatic carbocycles. The number of aliphatic hydroxyl groups excluding tert-OH is 1. The van der Waals surface area contributed by atoms with Gasteiger partial charge in [0.25, 0.3) is 0 Å². The van der Waals surface area contributed by atoms with Crippen molar-refractivity contribution < 1.29 is 48.3 Å². The summed E-state index contributed by atoms with van der Waals surface area (Å²) in [5.41, 5.74) is 3.19. The van der Waals surface area contributed by atoms with E-state index in [1.54, 1.807) is 19.1 Å². The van der Waals surface area contributed by atoms with Crippen molar-refractivity contribution in [2.45, 2.75) is 167 Å². The van der Waals surface area contributed by atoms with E-state index >= 15 is 0 Å². The highest BCUT2D eigenvalue weighted by Gasteiger charge is 2.59. The molecule has 0 radical (unpaired) electrons. The van der Waals surface area contributed by atoms with Crippen molar-refractivity contribution in [3.05, 3.63) is 107 Å². The number of carbonyl (C=O) groups is 4. The number of nitrogens with one attached hydrogen (secondary N) is 1. The molecule has 2 amide bonds. The van der Waals surface area contributed by atoms with Gasteiger partial charge in [0, 0.05) is 31.8 Å². The highest BCUT2D eigenvalue weighted by Crippen LogP contribution is 2.67. The number of amides is 2. The predicted molar refractivity (Wildman–Crippen MR) is 295 cm³/mol. The van der Waals surface area contributed by atoms with Crippen molar-refractivity contribution in [2.75, 3.05) is 33.9 Å². The maximum Gasteiger partial charge on any atom is 0.407 e. The summed E-state index contributed by atoms with van der Waals surface area (Å²) in [5.74, 6) is 3.23. The number of methoxy groups -OCH3 is 2. The van der Waals surface area contributed by atoms with Crippen molar-refractivity contribution >= 4 is 23.9 Å². The zero-order valence-corrected chi connectivity index (χ0v) is 46.6. The second-order valence-electron chi connectivity index (χ2n) is 24.3. The smallest absolute Gasteiger partial charge is 0.407 e. The number of carbonyl (C=O) groups excluding carboxylic acids is 3. The molecular weight excluding hydrogens is 957 g/mol. The van der Waals surface area contributed by atoms with E-state index in [0.29, 0.717) is 48.6 Å². The summed E-state index contributed by atoms with van der Waals surface area (Å²) < 4.78 is 23.2. The van der Waals surface area contributed by atoms with E-state index in [4.69, 9.17) is 18.9 Å². The van der Waals surface area contributed by atoms with Gasteiger partial charge in [-0.25, -0.2) is 4.79 Å². The SMILES string of the molecule is COc1ccc(C(c2ccccc2)(c2ccc(OC)cc2)C(O)C2CN(C(=O)CCCCCNC(=O)OC3CC[C@@]4(C)C(=CCC5C4CC[C@@]4(C)C5CC[C@@H]4C(C)CCCC(C)C)C3)CC2OC(=O)CCC(=O)O)cc1. The fourth-order valence-electron chi connectivity index (χ4n) is 15.5. The molecule has 4 aliphatic carbocycles. The van der Waals surface area contributed by atoms with Crippen LogP contribution in [0.25, 0.3) is 0 Å². The number of unbranched alkanes of at least 4 members (excludes halogenated alkanes) is 2. The third-order valence-corrected chi connectivity index (χ3v) is 19.5. The first-order valence-electron chi connectivity index (χ1n) is 28.9. The van der Waals surface area contributed by atoms with Crippen LogP contribution < -0.4 is 14.8 Å². The monoisotopic (exact) mass is 1040 g/mol. The first-order chi connectivity index (χ1) is 36.5. The summed E-state index contributed by atoms with van der Waals surface area (Å²) in [6, 6.07) is 24.6. The molecule has 0 bridgehead atoms. The zero-order chi connectivity index (χ0) is 54.2. The molecule has 5 aliphatic rings. The van der Waals surface area contributed by atoms with Gasteiger partial charge in [0.15, 0.2) is 0 Å². The number of alkyl carbamates (subject to hydrolysis) is 1. The van der Waals surface area contributed by atoms with Gasteiger partial charge in [0.2, 0.25) is 5.91 Å². The molecule has 0 spiro atoms. The molecule has 76 heavy (non-hydrogen) atoms. The van der Waals surface area contributed by atoms with Gasteiger partial charge >= 0.3 is 18.0 Å². The minimum atomic E-state index is -1.26. The number of rotatable bonds is 23. The van der Waals surface area contributed by atoms with Crippen LogP contribution in [-0.4, -0.2) is 91.2 Å². The third-order valence-electron chi connectivity index (χ3n) is 19.5. The van der Waals surface area contributed by atoms with E-state index in [1.165, 1.54) is 56.9 Å². The fourth-order valence-corrected chi connectivity index (χ4v) is 15.5. The summed E-state index contributed by atoms with van der Waals surface area (Å²) in [4.78, 5) is 53.6. The van der Waals surface area contributed by atoms with Gasteiger partial charge in [0.1, 0.15) is 23.7 Å². The molecule has 8 rings (SSSR count). The minimum Gasteiger partial charge on any atom is -0.497 e. The maximum absolute atomic E-state index is 14.1. The lowest BCUT2D eigenvalue weighted by atomic mass is 9.47.